The molecule has 0 heterocycles. The van der Waals surface area contributed by atoms with Gasteiger partial charge in [0.15, 0.2) is 5.11 Å². The average molecular weight is 539 g/mol. The summed E-state index contributed by atoms with van der Waals surface area (Å²) in [5.74, 6) is 0.629. The maximum absolute atomic E-state index is 12.7. The molecular formula is C25H26BN3O6S2. The molecule has 0 saturated carbocycles. The fourth-order valence-electron chi connectivity index (χ4n) is 3.11. The topological polar surface area (TPSA) is 115 Å². The molecule has 9 nitrogen and oxygen atoms in total. The van der Waals surface area contributed by atoms with Crippen molar-refractivity contribution in [1.29, 1.82) is 0 Å². The summed E-state index contributed by atoms with van der Waals surface area (Å²) in [5.41, 5.74) is 1.50. The van der Waals surface area contributed by atoms with Gasteiger partial charge in [0.05, 0.1) is 18.1 Å². The molecule has 0 spiro atoms. The van der Waals surface area contributed by atoms with Gasteiger partial charge in [0.25, 0.3) is 15.9 Å². The lowest BCUT2D eigenvalue weighted by Gasteiger charge is -2.13. The first-order chi connectivity index (χ1) is 17.7. The maximum Gasteiger partial charge on any atom is 0.261 e. The lowest BCUT2D eigenvalue weighted by molar-refractivity contribution is 0.0977. The van der Waals surface area contributed by atoms with Crippen LogP contribution in [0.4, 0.5) is 11.4 Å². The summed E-state index contributed by atoms with van der Waals surface area (Å²) in [6, 6.07) is 17.2. The van der Waals surface area contributed by atoms with E-state index in [0.29, 0.717) is 53.7 Å². The molecule has 192 valence electrons. The minimum Gasteiger partial charge on any atom is -0.494 e. The highest BCUT2D eigenvalue weighted by Gasteiger charge is 2.15. The van der Waals surface area contributed by atoms with Gasteiger partial charge in [0, 0.05) is 24.0 Å². The Morgan fingerprint density at radius 3 is 2.24 bits per heavy atom. The van der Waals surface area contributed by atoms with Crippen LogP contribution in [0.15, 0.2) is 71.6 Å². The van der Waals surface area contributed by atoms with E-state index in [2.05, 4.69) is 15.4 Å². The number of rotatable bonds is 11. The van der Waals surface area contributed by atoms with E-state index in [1.165, 1.54) is 30.3 Å². The van der Waals surface area contributed by atoms with Crippen molar-refractivity contribution in [2.24, 2.45) is 0 Å². The summed E-state index contributed by atoms with van der Waals surface area (Å²) in [5, 5.41) is 5.44. The predicted molar refractivity (Wildman–Crippen MR) is 148 cm³/mol. The van der Waals surface area contributed by atoms with E-state index in [-0.39, 0.29) is 10.0 Å². The molecule has 12 heteroatoms. The number of benzene rings is 3. The van der Waals surface area contributed by atoms with E-state index in [1.54, 1.807) is 43.5 Å². The number of carbonyl (C=O) groups is 1. The summed E-state index contributed by atoms with van der Waals surface area (Å²) in [6.45, 7) is 3.13. The third-order valence-corrected chi connectivity index (χ3v) is 6.49. The first-order valence-electron chi connectivity index (χ1n) is 11.2. The van der Waals surface area contributed by atoms with E-state index in [9.17, 15) is 13.2 Å². The Balaban J connectivity index is 1.56. The van der Waals surface area contributed by atoms with Crippen molar-refractivity contribution in [3.05, 3.63) is 72.3 Å². The van der Waals surface area contributed by atoms with Gasteiger partial charge >= 0.3 is 0 Å². The first kappa shape index (κ1) is 28.0. The highest BCUT2D eigenvalue weighted by molar-refractivity contribution is 7.92. The monoisotopic (exact) mass is 539 g/mol. The van der Waals surface area contributed by atoms with E-state index in [0.717, 1.165) is 0 Å². The molecule has 3 rings (SSSR count). The minimum atomic E-state index is -3.80. The van der Waals surface area contributed by atoms with Gasteiger partial charge in [-0.1, -0.05) is 11.5 Å². The molecule has 0 saturated heterocycles. The van der Waals surface area contributed by atoms with Crippen LogP contribution < -0.4 is 30.3 Å². The fraction of sp³-hybridized carbons (Fsp3) is 0.200. The highest BCUT2D eigenvalue weighted by Crippen LogP contribution is 2.21. The van der Waals surface area contributed by atoms with Gasteiger partial charge in [0.1, 0.15) is 26.0 Å². The van der Waals surface area contributed by atoms with Crippen molar-refractivity contribution < 1.29 is 27.4 Å². The van der Waals surface area contributed by atoms with Crippen LogP contribution in [0.5, 0.6) is 11.5 Å². The SMILES string of the molecule is [B]c1cc(C(=O)NC(=S)Nc2ccc(S(=O)(=O)Nc3ccc(OCC)cc3)cc2)ccc1OCCOC. The summed E-state index contributed by atoms with van der Waals surface area (Å²) >= 11 is 5.21. The maximum atomic E-state index is 12.7. The standard InChI is InChI=1S/C25H26BN3O6S2/c1-3-34-20-9-5-19(6-10-20)29-37(31,32)21-11-7-18(8-12-21)27-25(36)28-24(30)17-4-13-23(22(26)16-17)35-15-14-33-2/h4-13,16,29H,3,14-15H2,1-2H3,(H2,27,28,30,36). The van der Waals surface area contributed by atoms with Crippen LogP contribution in [0.1, 0.15) is 17.3 Å². The molecular weight excluding hydrogens is 513 g/mol. The van der Waals surface area contributed by atoms with Gasteiger partial charge in [-0.05, 0) is 79.8 Å². The Morgan fingerprint density at radius 2 is 1.62 bits per heavy atom. The average Bonchev–Trinajstić information content (AvgIpc) is 2.86. The van der Waals surface area contributed by atoms with Crippen LogP contribution in [0.3, 0.4) is 0 Å². The molecule has 0 aliphatic heterocycles. The van der Waals surface area contributed by atoms with Gasteiger partial charge in [-0.2, -0.15) is 0 Å². The Hall–Kier alpha value is -3.61. The third kappa shape index (κ3) is 8.20. The van der Waals surface area contributed by atoms with Crippen molar-refractivity contribution in [3.8, 4) is 11.5 Å². The number of carbonyl (C=O) groups excluding carboxylic acids is 1. The highest BCUT2D eigenvalue weighted by atomic mass is 32.2. The van der Waals surface area contributed by atoms with Crippen LogP contribution in [0.25, 0.3) is 0 Å². The molecule has 3 aromatic rings. The van der Waals surface area contributed by atoms with Crippen molar-refractivity contribution in [2.75, 3.05) is 37.0 Å². The van der Waals surface area contributed by atoms with Gasteiger partial charge in [-0.25, -0.2) is 8.42 Å². The Morgan fingerprint density at radius 1 is 0.946 bits per heavy atom. The van der Waals surface area contributed by atoms with Gasteiger partial charge < -0.3 is 19.5 Å². The molecule has 2 radical (unpaired) electrons. The predicted octanol–water partition coefficient (Wildman–Crippen LogP) is 2.83. The minimum absolute atomic E-state index is 0.0344. The molecule has 0 aliphatic carbocycles. The second kappa shape index (κ2) is 13.1. The number of sulfonamides is 1. The fourth-order valence-corrected chi connectivity index (χ4v) is 4.38. The van der Waals surface area contributed by atoms with E-state index >= 15 is 0 Å². The lowest BCUT2D eigenvalue weighted by Crippen LogP contribution is -2.34. The Bertz CT molecular complexity index is 1330. The third-order valence-electron chi connectivity index (χ3n) is 4.88. The molecule has 0 aromatic heterocycles. The van der Waals surface area contributed by atoms with Crippen LogP contribution in [0.2, 0.25) is 0 Å². The van der Waals surface area contributed by atoms with Crippen molar-refractivity contribution in [1.82, 2.24) is 5.32 Å². The number of thiocarbonyl (C=S) groups is 1. The summed E-state index contributed by atoms with van der Waals surface area (Å²) in [4.78, 5) is 12.6. The quantitative estimate of drug-likeness (QED) is 0.194. The zero-order chi connectivity index (χ0) is 26.8. The van der Waals surface area contributed by atoms with Crippen LogP contribution in [-0.4, -0.2) is 54.2 Å². The normalized spacial score (nSPS) is 10.9. The number of nitrogens with one attached hydrogen (secondary N) is 3. The first-order valence-corrected chi connectivity index (χ1v) is 13.1. The summed E-state index contributed by atoms with van der Waals surface area (Å²) in [7, 11) is 3.72. The molecule has 3 aromatic carbocycles. The second-order valence-electron chi connectivity index (χ2n) is 7.59. The Kier molecular flexibility index (Phi) is 9.89. The Labute approximate surface area is 223 Å². The van der Waals surface area contributed by atoms with E-state index in [1.807, 2.05) is 6.92 Å². The van der Waals surface area contributed by atoms with E-state index < -0.39 is 15.9 Å². The van der Waals surface area contributed by atoms with Crippen molar-refractivity contribution in [3.63, 3.8) is 0 Å². The molecule has 3 N–H and O–H groups in total. The smallest absolute Gasteiger partial charge is 0.261 e. The molecule has 37 heavy (non-hydrogen) atoms. The number of ether oxygens (including phenoxy) is 3. The molecule has 0 atom stereocenters. The zero-order valence-corrected chi connectivity index (χ0v) is 21.9. The largest absolute Gasteiger partial charge is 0.494 e. The van der Waals surface area contributed by atoms with Gasteiger partial charge in [-0.3, -0.25) is 14.8 Å². The van der Waals surface area contributed by atoms with Gasteiger partial charge in [0.2, 0.25) is 0 Å². The molecule has 0 unspecified atom stereocenters. The molecule has 0 aliphatic rings. The number of methoxy groups -OCH3 is 1. The lowest BCUT2D eigenvalue weighted by atomic mass is 9.93. The second-order valence-corrected chi connectivity index (χ2v) is 9.68. The van der Waals surface area contributed by atoms with Crippen LogP contribution in [0, 0.1) is 0 Å². The van der Waals surface area contributed by atoms with E-state index in [4.69, 9.17) is 34.3 Å². The molecule has 1 amide bonds. The summed E-state index contributed by atoms with van der Waals surface area (Å²) in [6.07, 6.45) is 0. The number of hydrogen-bond acceptors (Lipinski definition) is 7. The number of hydrogen-bond donors (Lipinski definition) is 3. The van der Waals surface area contributed by atoms with Crippen molar-refractivity contribution >= 4 is 57.9 Å². The number of anilines is 2. The molecule has 0 fully saturated rings. The van der Waals surface area contributed by atoms with Crippen molar-refractivity contribution in [2.45, 2.75) is 11.8 Å². The zero-order valence-electron chi connectivity index (χ0n) is 20.3. The van der Waals surface area contributed by atoms with Gasteiger partial charge in [-0.15, -0.1) is 0 Å². The molecule has 0 bridgehead atoms. The van der Waals surface area contributed by atoms with Crippen LogP contribution in [-0.2, 0) is 14.8 Å². The van der Waals surface area contributed by atoms with Crippen LogP contribution >= 0.6 is 12.2 Å². The summed E-state index contributed by atoms with van der Waals surface area (Å²) < 4.78 is 43.7. The number of amides is 1.